The summed E-state index contributed by atoms with van der Waals surface area (Å²) in [5.41, 5.74) is 1.00. The molecule has 1 aliphatic carbocycles. The van der Waals surface area contributed by atoms with Crippen molar-refractivity contribution in [1.29, 1.82) is 0 Å². The lowest BCUT2D eigenvalue weighted by atomic mass is 9.85. The molecule has 32 heavy (non-hydrogen) atoms. The number of nitrogens with zero attached hydrogens (tertiary/aromatic N) is 1. The van der Waals surface area contributed by atoms with E-state index >= 15 is 0 Å². The lowest BCUT2D eigenvalue weighted by Gasteiger charge is -2.38. The average molecular weight is 466 g/mol. The van der Waals surface area contributed by atoms with Crippen LogP contribution in [-0.2, 0) is 4.74 Å². The number of nitrogens with one attached hydrogen (secondary N) is 2. The number of carbonyl (C=O) groups excluding carboxylic acids is 1. The highest BCUT2D eigenvalue weighted by Crippen LogP contribution is 2.34. The number of aliphatic hydroxyl groups is 1. The maximum atomic E-state index is 13.2. The van der Waals surface area contributed by atoms with Crippen molar-refractivity contribution in [2.24, 2.45) is 11.8 Å². The predicted octanol–water partition coefficient (Wildman–Crippen LogP) is 4.37. The van der Waals surface area contributed by atoms with E-state index in [1.807, 2.05) is 36.2 Å². The van der Waals surface area contributed by atoms with Crippen molar-refractivity contribution in [2.45, 2.75) is 63.5 Å². The number of piperidine rings is 1. The molecule has 2 fully saturated rings. The summed E-state index contributed by atoms with van der Waals surface area (Å²) in [6.45, 7) is 2.45. The Balaban J connectivity index is 1.62. The van der Waals surface area contributed by atoms with Crippen LogP contribution in [0.2, 0.25) is 5.02 Å². The monoisotopic (exact) mass is 465 g/mol. The number of amides is 2. The molecule has 0 bridgehead atoms. The summed E-state index contributed by atoms with van der Waals surface area (Å²) in [6, 6.07) is 7.90. The van der Waals surface area contributed by atoms with Gasteiger partial charge in [0, 0.05) is 36.6 Å². The third-order valence-electron chi connectivity index (χ3n) is 6.86. The van der Waals surface area contributed by atoms with Gasteiger partial charge in [0.15, 0.2) is 0 Å². The quantitative estimate of drug-likeness (QED) is 0.479. The minimum absolute atomic E-state index is 0.0257. The average Bonchev–Trinajstić information content (AvgIpc) is 2.80. The molecule has 1 heterocycles. The zero-order valence-corrected chi connectivity index (χ0v) is 20.2. The molecule has 0 radical (unpaired) electrons. The standard InChI is InChI=1S/C25H40ClN3O3/c1-27-17-23(15-19-7-3-2-4-8-19)28-25(31)29-12-6-10-21(18-29)24(32-14-13-30)20-9-5-11-22(26)16-20/h5,9,11,16,19,21,23-24,27,30H,2-4,6-8,10,12-15,17-18H2,1H3,(H,28,31)/t21-,23+,24+/m1/s1. The Bertz CT molecular complexity index is 699. The topological polar surface area (TPSA) is 73.8 Å². The van der Waals surface area contributed by atoms with Crippen LogP contribution in [0.15, 0.2) is 24.3 Å². The Morgan fingerprint density at radius 3 is 2.78 bits per heavy atom. The van der Waals surface area contributed by atoms with E-state index in [1.165, 1.54) is 32.1 Å². The van der Waals surface area contributed by atoms with Crippen LogP contribution in [0.4, 0.5) is 4.79 Å². The highest BCUT2D eigenvalue weighted by molar-refractivity contribution is 6.30. The van der Waals surface area contributed by atoms with Crippen molar-refractivity contribution in [3.63, 3.8) is 0 Å². The van der Waals surface area contributed by atoms with Gasteiger partial charge in [-0.25, -0.2) is 4.79 Å². The normalized spacial score (nSPS) is 21.8. The van der Waals surface area contributed by atoms with Gasteiger partial charge in [0.25, 0.3) is 0 Å². The molecule has 180 valence electrons. The molecular weight excluding hydrogens is 426 g/mol. The number of likely N-dealkylation sites (tertiary alicyclic amines) is 1. The van der Waals surface area contributed by atoms with Crippen LogP contribution < -0.4 is 10.6 Å². The lowest BCUT2D eigenvalue weighted by Crippen LogP contribution is -2.52. The Hall–Kier alpha value is -1.34. The predicted molar refractivity (Wildman–Crippen MR) is 129 cm³/mol. The molecule has 1 aromatic carbocycles. The van der Waals surface area contributed by atoms with Crippen LogP contribution >= 0.6 is 11.6 Å². The van der Waals surface area contributed by atoms with Gasteiger partial charge >= 0.3 is 6.03 Å². The molecule has 1 aromatic rings. The highest BCUT2D eigenvalue weighted by atomic mass is 35.5. The first-order valence-electron chi connectivity index (χ1n) is 12.3. The Kier molecular flexibility index (Phi) is 10.6. The number of ether oxygens (including phenoxy) is 1. The fourth-order valence-electron chi connectivity index (χ4n) is 5.34. The van der Waals surface area contributed by atoms with E-state index in [9.17, 15) is 9.90 Å². The molecule has 2 aliphatic rings. The molecule has 0 aromatic heterocycles. The van der Waals surface area contributed by atoms with Gasteiger partial charge in [-0.2, -0.15) is 0 Å². The van der Waals surface area contributed by atoms with Gasteiger partial charge in [-0.15, -0.1) is 0 Å². The van der Waals surface area contributed by atoms with Crippen LogP contribution in [0.25, 0.3) is 0 Å². The first kappa shape index (κ1) is 25.3. The Morgan fingerprint density at radius 2 is 2.06 bits per heavy atom. The van der Waals surface area contributed by atoms with Crippen LogP contribution in [-0.4, -0.2) is 62.0 Å². The summed E-state index contributed by atoms with van der Waals surface area (Å²) >= 11 is 6.22. The second-order valence-electron chi connectivity index (χ2n) is 9.36. The molecule has 1 saturated heterocycles. The zero-order chi connectivity index (χ0) is 22.8. The fraction of sp³-hybridized carbons (Fsp3) is 0.720. The van der Waals surface area contributed by atoms with Crippen molar-refractivity contribution < 1.29 is 14.6 Å². The number of halogens is 1. The summed E-state index contributed by atoms with van der Waals surface area (Å²) in [4.78, 5) is 15.1. The summed E-state index contributed by atoms with van der Waals surface area (Å²) in [5, 5.41) is 16.5. The second kappa shape index (κ2) is 13.4. The second-order valence-corrected chi connectivity index (χ2v) is 9.80. The Labute approximate surface area is 198 Å². The van der Waals surface area contributed by atoms with E-state index in [0.29, 0.717) is 11.6 Å². The third kappa shape index (κ3) is 7.62. The first-order valence-corrected chi connectivity index (χ1v) is 12.7. The summed E-state index contributed by atoms with van der Waals surface area (Å²) in [5.74, 6) is 0.885. The number of hydrogen-bond donors (Lipinski definition) is 3. The summed E-state index contributed by atoms with van der Waals surface area (Å²) < 4.78 is 6.04. The number of benzene rings is 1. The number of carbonyl (C=O) groups is 1. The molecule has 6 nitrogen and oxygen atoms in total. The minimum atomic E-state index is -0.188. The van der Waals surface area contributed by atoms with Crippen molar-refractivity contribution in [3.05, 3.63) is 34.9 Å². The highest BCUT2D eigenvalue weighted by Gasteiger charge is 2.32. The third-order valence-corrected chi connectivity index (χ3v) is 7.09. The van der Waals surface area contributed by atoms with Gasteiger partial charge in [0.1, 0.15) is 0 Å². The van der Waals surface area contributed by atoms with Gasteiger partial charge < -0.3 is 25.4 Å². The van der Waals surface area contributed by atoms with Crippen molar-refractivity contribution in [3.8, 4) is 0 Å². The van der Waals surface area contributed by atoms with Crippen LogP contribution in [0.1, 0.15) is 63.0 Å². The number of rotatable bonds is 10. The molecule has 1 saturated carbocycles. The zero-order valence-electron chi connectivity index (χ0n) is 19.4. The van der Waals surface area contributed by atoms with Gasteiger partial charge in [0.2, 0.25) is 0 Å². The summed E-state index contributed by atoms with van der Waals surface area (Å²) in [7, 11) is 1.95. The van der Waals surface area contributed by atoms with E-state index in [0.717, 1.165) is 43.8 Å². The van der Waals surface area contributed by atoms with Crippen molar-refractivity contribution in [1.82, 2.24) is 15.5 Å². The maximum absolute atomic E-state index is 13.2. The van der Waals surface area contributed by atoms with E-state index in [4.69, 9.17) is 16.3 Å². The van der Waals surface area contributed by atoms with E-state index in [-0.39, 0.29) is 37.3 Å². The molecule has 1 aliphatic heterocycles. The molecular formula is C25H40ClN3O3. The van der Waals surface area contributed by atoms with Gasteiger partial charge in [-0.1, -0.05) is 55.8 Å². The molecule has 0 spiro atoms. The van der Waals surface area contributed by atoms with Crippen LogP contribution in [0.3, 0.4) is 0 Å². The van der Waals surface area contributed by atoms with E-state index < -0.39 is 0 Å². The van der Waals surface area contributed by atoms with E-state index in [2.05, 4.69) is 10.6 Å². The molecule has 2 amide bonds. The Morgan fingerprint density at radius 1 is 1.25 bits per heavy atom. The molecule has 3 rings (SSSR count). The first-order chi connectivity index (χ1) is 15.6. The molecule has 7 heteroatoms. The molecule has 0 unspecified atom stereocenters. The van der Waals surface area contributed by atoms with Crippen LogP contribution in [0, 0.1) is 11.8 Å². The number of likely N-dealkylation sites (N-methyl/N-ethyl adjacent to an activating group) is 1. The summed E-state index contributed by atoms with van der Waals surface area (Å²) in [6.07, 6.45) is 9.33. The maximum Gasteiger partial charge on any atom is 0.317 e. The van der Waals surface area contributed by atoms with Crippen molar-refractivity contribution >= 4 is 17.6 Å². The SMILES string of the molecule is CNC[C@H](CC1CCCCC1)NC(=O)N1CCC[C@@H]([C@@H](OCCO)c2cccc(Cl)c2)C1. The number of hydrogen-bond acceptors (Lipinski definition) is 4. The minimum Gasteiger partial charge on any atom is -0.394 e. The van der Waals surface area contributed by atoms with Crippen molar-refractivity contribution in [2.75, 3.05) is 39.9 Å². The van der Waals surface area contributed by atoms with Crippen LogP contribution in [0.5, 0.6) is 0 Å². The molecule has 3 N–H and O–H groups in total. The van der Waals surface area contributed by atoms with Gasteiger partial charge in [0.05, 0.1) is 19.3 Å². The lowest BCUT2D eigenvalue weighted by molar-refractivity contribution is -0.0240. The van der Waals surface area contributed by atoms with Gasteiger partial charge in [-0.05, 0) is 49.9 Å². The smallest absolute Gasteiger partial charge is 0.317 e. The largest absolute Gasteiger partial charge is 0.394 e. The van der Waals surface area contributed by atoms with Gasteiger partial charge in [-0.3, -0.25) is 0 Å². The molecule has 3 atom stereocenters. The fourth-order valence-corrected chi connectivity index (χ4v) is 5.54. The number of aliphatic hydroxyl groups excluding tert-OH is 1. The van der Waals surface area contributed by atoms with E-state index in [1.54, 1.807) is 0 Å². The number of urea groups is 1.